The van der Waals surface area contributed by atoms with Gasteiger partial charge in [0.2, 0.25) is 17.5 Å². The van der Waals surface area contributed by atoms with Gasteiger partial charge >= 0.3 is 0 Å². The number of ketones is 2. The minimum absolute atomic E-state index is 0.308. The Labute approximate surface area is 94.8 Å². The number of hydrogen-bond donors (Lipinski definition) is 1. The van der Waals surface area contributed by atoms with Crippen LogP contribution in [0.4, 0.5) is 0 Å². The number of nitrogens with one attached hydrogen (secondary N) is 1. The molecule has 0 heterocycles. The first kappa shape index (κ1) is 11.3. The van der Waals surface area contributed by atoms with Crippen molar-refractivity contribution in [2.24, 2.45) is 16.2 Å². The second-order valence-corrected chi connectivity index (χ2v) is 5.60. The van der Waals surface area contributed by atoms with Gasteiger partial charge in [0.25, 0.3) is 0 Å². The Kier molecular flexibility index (Phi) is 1.93. The van der Waals surface area contributed by atoms with Crippen molar-refractivity contribution in [3.8, 4) is 0 Å². The van der Waals surface area contributed by atoms with Crippen LogP contribution < -0.4 is 5.32 Å². The first-order valence-corrected chi connectivity index (χ1v) is 5.57. The van der Waals surface area contributed by atoms with Crippen LogP contribution in [0.3, 0.4) is 0 Å². The van der Waals surface area contributed by atoms with Gasteiger partial charge in [-0.15, -0.1) is 0 Å². The number of carbonyl (C=O) groups is 3. The second kappa shape index (κ2) is 2.73. The summed E-state index contributed by atoms with van der Waals surface area (Å²) in [7, 11) is 1.51. The quantitative estimate of drug-likeness (QED) is 0.525. The summed E-state index contributed by atoms with van der Waals surface area (Å²) in [5.41, 5.74) is -2.39. The molecule has 16 heavy (non-hydrogen) atoms. The molecule has 0 radical (unpaired) electrons. The molecule has 0 aliphatic heterocycles. The topological polar surface area (TPSA) is 63.2 Å². The number of Topliss-reactive ketones (excluding diaryl/α,β-unsaturated/α-hetero) is 2. The maximum atomic E-state index is 12.1. The molecule has 2 unspecified atom stereocenters. The lowest BCUT2D eigenvalue weighted by atomic mass is 9.64. The van der Waals surface area contributed by atoms with Gasteiger partial charge in [0, 0.05) is 12.5 Å². The van der Waals surface area contributed by atoms with Gasteiger partial charge in [-0.05, 0) is 18.3 Å². The fourth-order valence-electron chi connectivity index (χ4n) is 3.49. The highest BCUT2D eigenvalue weighted by molar-refractivity contribution is 6.48. The number of amides is 1. The van der Waals surface area contributed by atoms with Crippen molar-refractivity contribution in [3.05, 3.63) is 0 Å². The van der Waals surface area contributed by atoms with Crippen molar-refractivity contribution in [1.29, 1.82) is 0 Å². The van der Waals surface area contributed by atoms with Gasteiger partial charge in [0.05, 0.1) is 0 Å². The summed E-state index contributed by atoms with van der Waals surface area (Å²) in [6.45, 7) is 5.53. The average Bonchev–Trinajstić information content (AvgIpc) is 2.51. The minimum atomic E-state index is -1.13. The molecule has 0 aromatic carbocycles. The molecule has 1 amide bonds. The molecule has 2 saturated carbocycles. The Morgan fingerprint density at radius 1 is 1.12 bits per heavy atom. The van der Waals surface area contributed by atoms with E-state index in [0.29, 0.717) is 12.8 Å². The van der Waals surface area contributed by atoms with Crippen LogP contribution in [0.5, 0.6) is 0 Å². The second-order valence-electron chi connectivity index (χ2n) is 5.60. The molecule has 0 saturated heterocycles. The maximum absolute atomic E-state index is 12.1. The third-order valence-corrected chi connectivity index (χ3v) is 5.16. The summed E-state index contributed by atoms with van der Waals surface area (Å²) >= 11 is 0. The first-order chi connectivity index (χ1) is 7.25. The van der Waals surface area contributed by atoms with E-state index in [4.69, 9.17) is 0 Å². The average molecular weight is 223 g/mol. The summed E-state index contributed by atoms with van der Waals surface area (Å²) < 4.78 is 0. The number of hydrogen-bond acceptors (Lipinski definition) is 3. The van der Waals surface area contributed by atoms with Crippen LogP contribution in [-0.2, 0) is 14.4 Å². The van der Waals surface area contributed by atoms with Crippen molar-refractivity contribution in [3.63, 3.8) is 0 Å². The van der Waals surface area contributed by atoms with Crippen LogP contribution in [0.2, 0.25) is 0 Å². The molecule has 2 bridgehead atoms. The molecule has 2 rings (SSSR count). The summed E-state index contributed by atoms with van der Waals surface area (Å²) in [5, 5.41) is 2.54. The van der Waals surface area contributed by atoms with Gasteiger partial charge in [0.1, 0.15) is 5.41 Å². The van der Waals surface area contributed by atoms with Crippen LogP contribution in [0.25, 0.3) is 0 Å². The molecule has 4 heteroatoms. The van der Waals surface area contributed by atoms with Gasteiger partial charge in [-0.3, -0.25) is 14.4 Å². The van der Waals surface area contributed by atoms with Crippen molar-refractivity contribution < 1.29 is 14.4 Å². The zero-order valence-corrected chi connectivity index (χ0v) is 10.1. The summed E-state index contributed by atoms with van der Waals surface area (Å²) in [4.78, 5) is 36.1. The molecule has 4 nitrogen and oxygen atoms in total. The van der Waals surface area contributed by atoms with E-state index in [0.717, 1.165) is 0 Å². The van der Waals surface area contributed by atoms with Gasteiger partial charge < -0.3 is 5.32 Å². The molecule has 0 aromatic heterocycles. The highest BCUT2D eigenvalue weighted by atomic mass is 16.2. The monoisotopic (exact) mass is 223 g/mol. The fourth-order valence-corrected chi connectivity index (χ4v) is 3.49. The van der Waals surface area contributed by atoms with Gasteiger partial charge in [-0.25, -0.2) is 0 Å². The molecular weight excluding hydrogens is 206 g/mol. The molecule has 2 fully saturated rings. The lowest BCUT2D eigenvalue weighted by Gasteiger charge is -2.36. The fraction of sp³-hybridized carbons (Fsp3) is 0.750. The van der Waals surface area contributed by atoms with Crippen LogP contribution in [0, 0.1) is 16.2 Å². The standard InChI is InChI=1S/C12H17NO3/c1-10(2)11(3)5-6-12(10,9(16)13-4)8(15)7(11)14/h5-6H2,1-4H3,(H,13,16). The van der Waals surface area contributed by atoms with Crippen LogP contribution >= 0.6 is 0 Å². The lowest BCUT2D eigenvalue weighted by Crippen LogP contribution is -2.49. The first-order valence-electron chi connectivity index (χ1n) is 5.57. The van der Waals surface area contributed by atoms with Crippen molar-refractivity contribution in [1.82, 2.24) is 5.32 Å². The Bertz CT molecular complexity index is 412. The number of fused-ring (bicyclic) bond motifs is 2. The zero-order chi connectivity index (χ0) is 12.4. The summed E-state index contributed by atoms with van der Waals surface area (Å²) in [5.74, 6) is -1.17. The third-order valence-electron chi connectivity index (χ3n) is 5.16. The smallest absolute Gasteiger partial charge is 0.234 e. The van der Waals surface area contributed by atoms with Gasteiger partial charge in [-0.2, -0.15) is 0 Å². The van der Waals surface area contributed by atoms with E-state index < -0.39 is 22.0 Å². The van der Waals surface area contributed by atoms with Gasteiger partial charge in [-0.1, -0.05) is 20.8 Å². The van der Waals surface area contributed by atoms with Crippen LogP contribution in [-0.4, -0.2) is 24.5 Å². The normalized spacial score (nSPS) is 40.2. The molecule has 2 aliphatic rings. The predicted molar refractivity (Wildman–Crippen MR) is 57.6 cm³/mol. The Hall–Kier alpha value is -1.19. The number of rotatable bonds is 1. The SMILES string of the molecule is CNC(=O)C12CCC(C)(C(=O)C1=O)C2(C)C. The van der Waals surface area contributed by atoms with Crippen molar-refractivity contribution in [2.45, 2.75) is 33.6 Å². The molecule has 1 N–H and O–H groups in total. The molecule has 88 valence electrons. The van der Waals surface area contributed by atoms with Gasteiger partial charge in [0.15, 0.2) is 0 Å². The molecule has 2 aliphatic carbocycles. The largest absolute Gasteiger partial charge is 0.358 e. The lowest BCUT2D eigenvalue weighted by molar-refractivity contribution is -0.149. The highest BCUT2D eigenvalue weighted by Crippen LogP contribution is 2.68. The highest BCUT2D eigenvalue weighted by Gasteiger charge is 2.77. The van der Waals surface area contributed by atoms with E-state index in [1.807, 2.05) is 20.8 Å². The van der Waals surface area contributed by atoms with Crippen LogP contribution in [0.1, 0.15) is 33.6 Å². The van der Waals surface area contributed by atoms with E-state index in [-0.39, 0.29) is 11.7 Å². The van der Waals surface area contributed by atoms with E-state index in [2.05, 4.69) is 5.32 Å². The van der Waals surface area contributed by atoms with E-state index in [1.165, 1.54) is 7.05 Å². The molecular formula is C12H17NO3. The summed E-state index contributed by atoms with van der Waals surface area (Å²) in [6.07, 6.45) is 1.11. The van der Waals surface area contributed by atoms with E-state index in [1.54, 1.807) is 0 Å². The Morgan fingerprint density at radius 2 is 1.69 bits per heavy atom. The Balaban J connectivity index is 2.68. The van der Waals surface area contributed by atoms with E-state index >= 15 is 0 Å². The van der Waals surface area contributed by atoms with Crippen molar-refractivity contribution >= 4 is 17.5 Å². The summed E-state index contributed by atoms with van der Waals surface area (Å²) in [6, 6.07) is 0. The molecule has 0 aromatic rings. The molecule has 2 atom stereocenters. The van der Waals surface area contributed by atoms with Crippen molar-refractivity contribution in [2.75, 3.05) is 7.05 Å². The number of carbonyl (C=O) groups excluding carboxylic acids is 3. The third kappa shape index (κ3) is 0.782. The molecule has 0 spiro atoms. The van der Waals surface area contributed by atoms with Crippen LogP contribution in [0.15, 0.2) is 0 Å². The minimum Gasteiger partial charge on any atom is -0.358 e. The zero-order valence-electron chi connectivity index (χ0n) is 10.1. The Morgan fingerprint density at radius 3 is 2.06 bits per heavy atom. The van der Waals surface area contributed by atoms with E-state index in [9.17, 15) is 14.4 Å². The maximum Gasteiger partial charge on any atom is 0.234 e. The predicted octanol–water partition coefficient (Wildman–Crippen LogP) is 0.697.